The van der Waals surface area contributed by atoms with E-state index in [0.29, 0.717) is 11.3 Å². The van der Waals surface area contributed by atoms with Gasteiger partial charge in [0.15, 0.2) is 22.9 Å². The number of ether oxygens (including phenoxy) is 1. The third kappa shape index (κ3) is 5.68. The van der Waals surface area contributed by atoms with Crippen LogP contribution in [0.25, 0.3) is 11.3 Å². The van der Waals surface area contributed by atoms with Crippen molar-refractivity contribution in [2.45, 2.75) is 19.4 Å². The smallest absolute Gasteiger partial charge is 0.311 e. The minimum Gasteiger partial charge on any atom is -0.452 e. The van der Waals surface area contributed by atoms with E-state index in [2.05, 4.69) is 26.2 Å². The zero-order chi connectivity index (χ0) is 21.0. The fourth-order valence-corrected chi connectivity index (χ4v) is 3.37. The highest BCUT2D eigenvalue weighted by atomic mass is 79.9. The van der Waals surface area contributed by atoms with Crippen molar-refractivity contribution in [2.24, 2.45) is 0 Å². The average Bonchev–Trinajstić information content (AvgIpc) is 3.14. The lowest BCUT2D eigenvalue weighted by molar-refractivity contribution is -0.152. The van der Waals surface area contributed by atoms with Crippen LogP contribution in [0.1, 0.15) is 12.5 Å². The summed E-state index contributed by atoms with van der Waals surface area (Å²) < 4.78 is 32.5. The zero-order valence-electron chi connectivity index (χ0n) is 15.1. The van der Waals surface area contributed by atoms with Crippen molar-refractivity contribution >= 4 is 44.3 Å². The minimum atomic E-state index is -1.02. The van der Waals surface area contributed by atoms with Crippen LogP contribution in [-0.4, -0.2) is 23.0 Å². The van der Waals surface area contributed by atoms with E-state index in [1.807, 2.05) is 12.1 Å². The number of nitrogens with zero attached hydrogens (tertiary/aromatic N) is 1. The van der Waals surface area contributed by atoms with Crippen molar-refractivity contribution in [3.8, 4) is 11.3 Å². The molecule has 5 nitrogen and oxygen atoms in total. The summed E-state index contributed by atoms with van der Waals surface area (Å²) >= 11 is 4.44. The second-order valence-electron chi connectivity index (χ2n) is 6.09. The molecule has 9 heteroatoms. The van der Waals surface area contributed by atoms with Crippen molar-refractivity contribution in [1.29, 1.82) is 0 Å². The Hall–Kier alpha value is -2.65. The van der Waals surface area contributed by atoms with Crippen LogP contribution in [0.2, 0.25) is 0 Å². The Morgan fingerprint density at radius 2 is 1.90 bits per heavy atom. The molecule has 0 saturated carbocycles. The highest BCUT2D eigenvalue weighted by molar-refractivity contribution is 9.10. The van der Waals surface area contributed by atoms with E-state index < -0.39 is 29.6 Å². The summed E-state index contributed by atoms with van der Waals surface area (Å²) in [5.41, 5.74) is 1.54. The lowest BCUT2D eigenvalue weighted by Crippen LogP contribution is -2.30. The second-order valence-corrected chi connectivity index (χ2v) is 7.87. The third-order valence-corrected chi connectivity index (χ3v) is 5.18. The first-order chi connectivity index (χ1) is 13.8. The van der Waals surface area contributed by atoms with Crippen LogP contribution in [0.5, 0.6) is 0 Å². The summed E-state index contributed by atoms with van der Waals surface area (Å²) in [5.74, 6) is -3.00. The lowest BCUT2D eigenvalue weighted by Gasteiger charge is -2.12. The topological polar surface area (TPSA) is 68.3 Å². The van der Waals surface area contributed by atoms with E-state index in [1.165, 1.54) is 13.0 Å². The van der Waals surface area contributed by atoms with Gasteiger partial charge in [0.05, 0.1) is 12.1 Å². The van der Waals surface area contributed by atoms with E-state index in [1.54, 1.807) is 17.5 Å². The molecule has 150 valence electrons. The highest BCUT2D eigenvalue weighted by Crippen LogP contribution is 2.26. The molecule has 0 fully saturated rings. The summed E-state index contributed by atoms with van der Waals surface area (Å²) in [6.45, 7) is 1.46. The highest BCUT2D eigenvalue weighted by Gasteiger charge is 2.19. The Kier molecular flexibility index (Phi) is 6.71. The fraction of sp³-hybridized carbons (Fsp3) is 0.150. The molecule has 3 rings (SSSR count). The van der Waals surface area contributed by atoms with Crippen molar-refractivity contribution in [2.75, 3.05) is 5.32 Å². The molecule has 0 unspecified atom stereocenters. The van der Waals surface area contributed by atoms with E-state index in [4.69, 9.17) is 4.74 Å². The number of thiazole rings is 1. The van der Waals surface area contributed by atoms with E-state index in [-0.39, 0.29) is 11.6 Å². The van der Waals surface area contributed by atoms with Crippen LogP contribution in [0.3, 0.4) is 0 Å². The molecule has 1 amide bonds. The van der Waals surface area contributed by atoms with Gasteiger partial charge in [-0.1, -0.05) is 28.1 Å². The molecule has 0 spiro atoms. The number of esters is 1. The van der Waals surface area contributed by atoms with E-state index in [9.17, 15) is 18.4 Å². The maximum absolute atomic E-state index is 13.4. The number of carbonyl (C=O) groups excluding carboxylic acids is 2. The van der Waals surface area contributed by atoms with Gasteiger partial charge in [-0.05, 0) is 42.8 Å². The number of benzene rings is 2. The summed E-state index contributed by atoms with van der Waals surface area (Å²) in [6, 6.07) is 10.6. The molecular weight excluding hydrogens is 466 g/mol. The number of carbonyl (C=O) groups is 2. The van der Waals surface area contributed by atoms with Gasteiger partial charge in [-0.3, -0.25) is 14.9 Å². The summed E-state index contributed by atoms with van der Waals surface area (Å²) in [5, 5.41) is 4.41. The summed E-state index contributed by atoms with van der Waals surface area (Å²) in [7, 11) is 0. The van der Waals surface area contributed by atoms with Crippen molar-refractivity contribution in [1.82, 2.24) is 4.98 Å². The van der Waals surface area contributed by atoms with Crippen LogP contribution in [-0.2, 0) is 20.7 Å². The molecule has 0 aliphatic rings. The minimum absolute atomic E-state index is 0.0441. The van der Waals surface area contributed by atoms with Crippen molar-refractivity contribution in [3.63, 3.8) is 0 Å². The molecule has 29 heavy (non-hydrogen) atoms. The fourth-order valence-electron chi connectivity index (χ4n) is 2.39. The molecule has 2 aromatic carbocycles. The number of halogens is 3. The molecule has 1 N–H and O–H groups in total. The molecule has 1 heterocycles. The van der Waals surface area contributed by atoms with Gasteiger partial charge in [0, 0.05) is 15.4 Å². The number of hydrogen-bond acceptors (Lipinski definition) is 5. The Morgan fingerprint density at radius 3 is 2.59 bits per heavy atom. The second kappa shape index (κ2) is 9.23. The Bertz CT molecular complexity index is 1040. The standard InChI is InChI=1S/C20H15BrF2N2O3S/c1-11(28-18(26)8-12-2-5-14(21)6-3-12)19(27)25-20-24-17(10-29-20)13-4-7-15(22)16(23)9-13/h2-7,9-11H,8H2,1H3,(H,24,25,27)/t11-/m1/s1. The number of hydrogen-bond donors (Lipinski definition) is 1. The monoisotopic (exact) mass is 480 g/mol. The number of nitrogens with one attached hydrogen (secondary N) is 1. The zero-order valence-corrected chi connectivity index (χ0v) is 17.5. The molecular formula is C20H15BrF2N2O3S. The summed E-state index contributed by atoms with van der Waals surface area (Å²) in [6.07, 6.45) is -0.976. The van der Waals surface area contributed by atoms with Crippen LogP contribution in [0, 0.1) is 11.6 Å². The molecule has 1 aromatic heterocycles. The summed E-state index contributed by atoms with van der Waals surface area (Å²) in [4.78, 5) is 28.5. The first-order valence-electron chi connectivity index (χ1n) is 8.47. The Labute approximate surface area is 177 Å². The first-order valence-corrected chi connectivity index (χ1v) is 10.1. The first kappa shape index (κ1) is 21.1. The van der Waals surface area contributed by atoms with Crippen LogP contribution >= 0.6 is 27.3 Å². The van der Waals surface area contributed by atoms with Crippen LogP contribution in [0.4, 0.5) is 13.9 Å². The molecule has 0 aliphatic heterocycles. The van der Waals surface area contributed by atoms with Gasteiger partial charge in [0.1, 0.15) is 0 Å². The molecule has 0 saturated heterocycles. The van der Waals surface area contributed by atoms with E-state index in [0.717, 1.165) is 33.5 Å². The molecule has 3 aromatic rings. The molecule has 1 atom stereocenters. The molecule has 0 bridgehead atoms. The van der Waals surface area contributed by atoms with Crippen molar-refractivity contribution < 1.29 is 23.1 Å². The predicted molar refractivity (Wildman–Crippen MR) is 109 cm³/mol. The Morgan fingerprint density at radius 1 is 1.17 bits per heavy atom. The number of rotatable bonds is 6. The van der Waals surface area contributed by atoms with Crippen LogP contribution in [0.15, 0.2) is 52.3 Å². The normalized spacial score (nSPS) is 11.7. The third-order valence-electron chi connectivity index (χ3n) is 3.89. The van der Waals surface area contributed by atoms with Gasteiger partial charge >= 0.3 is 5.97 Å². The van der Waals surface area contributed by atoms with Gasteiger partial charge in [-0.2, -0.15) is 0 Å². The average molecular weight is 481 g/mol. The number of aromatic nitrogens is 1. The predicted octanol–water partition coefficient (Wildman–Crippen LogP) is 4.96. The van der Waals surface area contributed by atoms with Gasteiger partial charge in [-0.15, -0.1) is 11.3 Å². The van der Waals surface area contributed by atoms with Gasteiger partial charge in [0.2, 0.25) is 0 Å². The number of anilines is 1. The Balaban J connectivity index is 1.56. The number of amides is 1. The van der Waals surface area contributed by atoms with Gasteiger partial charge < -0.3 is 4.74 Å². The molecule has 0 aliphatic carbocycles. The largest absolute Gasteiger partial charge is 0.452 e. The van der Waals surface area contributed by atoms with Gasteiger partial charge in [0.25, 0.3) is 5.91 Å². The quantitative estimate of drug-likeness (QED) is 0.506. The lowest BCUT2D eigenvalue weighted by atomic mass is 10.1. The van der Waals surface area contributed by atoms with Crippen molar-refractivity contribution in [3.05, 3.63) is 69.5 Å². The van der Waals surface area contributed by atoms with Gasteiger partial charge in [-0.25, -0.2) is 13.8 Å². The maximum atomic E-state index is 13.4. The van der Waals surface area contributed by atoms with E-state index >= 15 is 0 Å². The maximum Gasteiger partial charge on any atom is 0.311 e. The van der Waals surface area contributed by atoms with Crippen LogP contribution < -0.4 is 5.32 Å². The SMILES string of the molecule is C[C@@H](OC(=O)Cc1ccc(Br)cc1)C(=O)Nc1nc(-c2ccc(F)c(F)c2)cs1. The molecule has 0 radical (unpaired) electrons.